The van der Waals surface area contributed by atoms with Gasteiger partial charge in [0.1, 0.15) is 17.2 Å². The van der Waals surface area contributed by atoms with Gasteiger partial charge in [0, 0.05) is 12.0 Å². The van der Waals surface area contributed by atoms with Crippen LogP contribution in [0.3, 0.4) is 0 Å². The molecule has 0 bridgehead atoms. The minimum atomic E-state index is -1.03. The van der Waals surface area contributed by atoms with Crippen molar-refractivity contribution in [2.45, 2.75) is 19.4 Å². The number of aliphatic carboxylic acids is 1. The largest absolute Gasteiger partial charge is 0.497 e. The Bertz CT molecular complexity index is 664. The van der Waals surface area contributed by atoms with Gasteiger partial charge in [0.05, 0.1) is 14.2 Å². The van der Waals surface area contributed by atoms with Crippen molar-refractivity contribution in [1.29, 1.82) is 0 Å². The third-order valence-corrected chi connectivity index (χ3v) is 3.47. The molecule has 0 aliphatic heterocycles. The number of carboxylic acid groups (broad SMARTS) is 1. The first kappa shape index (κ1) is 16.7. The highest BCUT2D eigenvalue weighted by Gasteiger charge is 2.22. The fourth-order valence-corrected chi connectivity index (χ4v) is 2.20. The van der Waals surface area contributed by atoms with Gasteiger partial charge < -0.3 is 19.3 Å². The molecule has 23 heavy (non-hydrogen) atoms. The van der Waals surface area contributed by atoms with Crippen molar-refractivity contribution in [3.63, 3.8) is 0 Å². The summed E-state index contributed by atoms with van der Waals surface area (Å²) in [6, 6.07) is 12.5. The van der Waals surface area contributed by atoms with Crippen molar-refractivity contribution in [3.05, 3.63) is 53.6 Å². The van der Waals surface area contributed by atoms with Gasteiger partial charge in [0.2, 0.25) is 0 Å². The lowest BCUT2D eigenvalue weighted by Crippen LogP contribution is -2.29. The molecule has 122 valence electrons. The van der Waals surface area contributed by atoms with E-state index in [1.807, 2.05) is 19.1 Å². The molecule has 0 aromatic heterocycles. The van der Waals surface area contributed by atoms with E-state index < -0.39 is 12.1 Å². The predicted molar refractivity (Wildman–Crippen MR) is 86.5 cm³/mol. The van der Waals surface area contributed by atoms with Gasteiger partial charge in [-0.3, -0.25) is 0 Å². The molecule has 2 aromatic rings. The maximum atomic E-state index is 11.5. The van der Waals surface area contributed by atoms with Gasteiger partial charge in [-0.25, -0.2) is 4.79 Å². The number of carboxylic acids is 1. The minimum Gasteiger partial charge on any atom is -0.497 e. The van der Waals surface area contributed by atoms with Crippen molar-refractivity contribution in [2.24, 2.45) is 0 Å². The van der Waals surface area contributed by atoms with Crippen LogP contribution in [0.25, 0.3) is 0 Å². The Balaban J connectivity index is 2.22. The minimum absolute atomic E-state index is 0.170. The number of methoxy groups -OCH3 is 2. The molecule has 2 rings (SSSR count). The van der Waals surface area contributed by atoms with Crippen LogP contribution in [-0.4, -0.2) is 31.4 Å². The Hall–Kier alpha value is -2.69. The number of ether oxygens (including phenoxy) is 3. The molecule has 1 unspecified atom stereocenters. The van der Waals surface area contributed by atoms with Crippen LogP contribution in [0.15, 0.2) is 42.5 Å². The number of aryl methyl sites for hydroxylation is 1. The summed E-state index contributed by atoms with van der Waals surface area (Å²) in [5, 5.41) is 9.44. The summed E-state index contributed by atoms with van der Waals surface area (Å²) < 4.78 is 16.1. The Labute approximate surface area is 135 Å². The van der Waals surface area contributed by atoms with Gasteiger partial charge in [0.25, 0.3) is 0 Å². The zero-order valence-corrected chi connectivity index (χ0v) is 13.4. The van der Waals surface area contributed by atoms with Crippen LogP contribution >= 0.6 is 0 Å². The molecule has 0 amide bonds. The van der Waals surface area contributed by atoms with Crippen molar-refractivity contribution < 1.29 is 24.1 Å². The van der Waals surface area contributed by atoms with Gasteiger partial charge in [-0.2, -0.15) is 0 Å². The first-order valence-electron chi connectivity index (χ1n) is 7.20. The highest BCUT2D eigenvalue weighted by molar-refractivity contribution is 5.73. The summed E-state index contributed by atoms with van der Waals surface area (Å²) in [6.07, 6.45) is -0.845. The lowest BCUT2D eigenvalue weighted by molar-refractivity contribution is -0.145. The molecule has 0 spiro atoms. The molecule has 0 heterocycles. The average molecular weight is 316 g/mol. The van der Waals surface area contributed by atoms with E-state index in [2.05, 4.69) is 0 Å². The summed E-state index contributed by atoms with van der Waals surface area (Å²) in [6.45, 7) is 1.96. The fraction of sp³-hybridized carbons (Fsp3) is 0.278. The van der Waals surface area contributed by atoms with Gasteiger partial charge in [-0.05, 0) is 37.3 Å². The molecule has 5 heteroatoms. The molecule has 1 atom stereocenters. The standard InChI is InChI=1S/C18H20O5/c1-12-4-6-14(7-5-12)23-17(18(19)20)11-13-10-15(21-2)8-9-16(13)22-3/h4-10,17H,11H2,1-3H3,(H,19,20). The number of hydrogen-bond acceptors (Lipinski definition) is 4. The van der Waals surface area contributed by atoms with Crippen LogP contribution in [0.4, 0.5) is 0 Å². The van der Waals surface area contributed by atoms with Crippen molar-refractivity contribution in [1.82, 2.24) is 0 Å². The quantitative estimate of drug-likeness (QED) is 0.850. The second-order valence-electron chi connectivity index (χ2n) is 5.14. The summed E-state index contributed by atoms with van der Waals surface area (Å²) in [7, 11) is 3.10. The van der Waals surface area contributed by atoms with E-state index in [1.165, 1.54) is 0 Å². The smallest absolute Gasteiger partial charge is 0.345 e. The van der Waals surface area contributed by atoms with Gasteiger partial charge in [-0.15, -0.1) is 0 Å². The Morgan fingerprint density at radius 2 is 1.70 bits per heavy atom. The van der Waals surface area contributed by atoms with Crippen LogP contribution in [0.5, 0.6) is 17.2 Å². The normalized spacial score (nSPS) is 11.6. The first-order valence-corrected chi connectivity index (χ1v) is 7.20. The molecule has 0 saturated heterocycles. The third kappa shape index (κ3) is 4.39. The maximum absolute atomic E-state index is 11.5. The van der Waals surface area contributed by atoms with Crippen LogP contribution in [-0.2, 0) is 11.2 Å². The molecule has 0 aliphatic carbocycles. The second kappa shape index (κ2) is 7.54. The first-order chi connectivity index (χ1) is 11.0. The SMILES string of the molecule is COc1ccc(OC)c(CC(Oc2ccc(C)cc2)C(=O)O)c1. The van der Waals surface area contributed by atoms with Gasteiger partial charge in [0.15, 0.2) is 6.10 Å². The molecule has 0 radical (unpaired) electrons. The van der Waals surface area contributed by atoms with E-state index in [4.69, 9.17) is 14.2 Å². The number of hydrogen-bond donors (Lipinski definition) is 1. The van der Waals surface area contributed by atoms with E-state index in [0.717, 1.165) is 5.56 Å². The summed E-state index contributed by atoms with van der Waals surface area (Å²) in [5.41, 5.74) is 1.80. The van der Waals surface area contributed by atoms with E-state index in [9.17, 15) is 9.90 Å². The van der Waals surface area contributed by atoms with Gasteiger partial charge in [-0.1, -0.05) is 17.7 Å². The Kier molecular flexibility index (Phi) is 5.46. The van der Waals surface area contributed by atoms with Crippen molar-refractivity contribution >= 4 is 5.97 Å². The van der Waals surface area contributed by atoms with Crippen LogP contribution in [0, 0.1) is 6.92 Å². The maximum Gasteiger partial charge on any atom is 0.345 e. The van der Waals surface area contributed by atoms with E-state index in [1.54, 1.807) is 44.6 Å². The van der Waals surface area contributed by atoms with E-state index >= 15 is 0 Å². The van der Waals surface area contributed by atoms with E-state index in [-0.39, 0.29) is 6.42 Å². The highest BCUT2D eigenvalue weighted by Crippen LogP contribution is 2.26. The highest BCUT2D eigenvalue weighted by atomic mass is 16.5. The second-order valence-corrected chi connectivity index (χ2v) is 5.14. The van der Waals surface area contributed by atoms with Crippen molar-refractivity contribution in [2.75, 3.05) is 14.2 Å². The molecular formula is C18H20O5. The lowest BCUT2D eigenvalue weighted by atomic mass is 10.1. The fourth-order valence-electron chi connectivity index (χ4n) is 2.20. The number of carbonyl (C=O) groups is 1. The summed E-state index contributed by atoms with van der Waals surface area (Å²) in [5.74, 6) is 0.727. The third-order valence-electron chi connectivity index (χ3n) is 3.47. The topological polar surface area (TPSA) is 65.0 Å². The van der Waals surface area contributed by atoms with Crippen molar-refractivity contribution in [3.8, 4) is 17.2 Å². The molecule has 0 aliphatic rings. The molecule has 0 saturated carbocycles. The molecule has 0 fully saturated rings. The Morgan fingerprint density at radius 1 is 1.04 bits per heavy atom. The molecular weight excluding hydrogens is 296 g/mol. The molecule has 2 aromatic carbocycles. The Morgan fingerprint density at radius 3 is 2.26 bits per heavy atom. The van der Waals surface area contributed by atoms with Crippen LogP contribution in [0.1, 0.15) is 11.1 Å². The molecule has 5 nitrogen and oxygen atoms in total. The zero-order chi connectivity index (χ0) is 16.8. The molecule has 1 N–H and O–H groups in total. The number of rotatable bonds is 7. The zero-order valence-electron chi connectivity index (χ0n) is 13.4. The van der Waals surface area contributed by atoms with E-state index in [0.29, 0.717) is 22.8 Å². The van der Waals surface area contributed by atoms with Crippen LogP contribution < -0.4 is 14.2 Å². The van der Waals surface area contributed by atoms with Gasteiger partial charge >= 0.3 is 5.97 Å². The predicted octanol–water partition coefficient (Wildman–Crippen LogP) is 3.09. The summed E-state index contributed by atoms with van der Waals surface area (Å²) in [4.78, 5) is 11.5. The lowest BCUT2D eigenvalue weighted by Gasteiger charge is -2.17. The summed E-state index contributed by atoms with van der Waals surface area (Å²) >= 11 is 0. The monoisotopic (exact) mass is 316 g/mol. The number of benzene rings is 2. The average Bonchev–Trinajstić information content (AvgIpc) is 2.56. The van der Waals surface area contributed by atoms with Crippen LogP contribution in [0.2, 0.25) is 0 Å².